The van der Waals surface area contributed by atoms with Crippen molar-refractivity contribution in [2.24, 2.45) is 11.7 Å². The number of nitrogens with one attached hydrogen (secondary N) is 4. The molecule has 0 unspecified atom stereocenters. The SMILES string of the molecule is CC[C@H](C)[C@H](NC(=O)c1ccc(NC(=O)[C@@H](N)Cc2c[nH]c3ccccc23)c(OCc2cnc[nH]2)c1)C(=O)O. The third kappa shape index (κ3) is 6.63. The molecular weight excluding hydrogens is 500 g/mol. The fraction of sp³-hybridized carbons (Fsp3) is 0.286. The fourth-order valence-electron chi connectivity index (χ4n) is 4.17. The van der Waals surface area contributed by atoms with E-state index in [1.165, 1.54) is 24.5 Å². The third-order valence-electron chi connectivity index (χ3n) is 6.66. The second kappa shape index (κ2) is 12.3. The molecule has 2 aromatic heterocycles. The van der Waals surface area contributed by atoms with E-state index in [2.05, 4.69) is 25.6 Å². The normalized spacial score (nSPS) is 13.4. The molecule has 0 saturated carbocycles. The molecular formula is C28H32N6O5. The van der Waals surface area contributed by atoms with E-state index in [1.807, 2.05) is 37.4 Å². The number of aromatic nitrogens is 3. The van der Waals surface area contributed by atoms with Gasteiger partial charge in [0.15, 0.2) is 0 Å². The van der Waals surface area contributed by atoms with E-state index >= 15 is 0 Å². The van der Waals surface area contributed by atoms with Crippen molar-refractivity contribution in [2.45, 2.75) is 45.4 Å². The summed E-state index contributed by atoms with van der Waals surface area (Å²) in [5.41, 5.74) is 9.32. The van der Waals surface area contributed by atoms with E-state index in [1.54, 1.807) is 13.1 Å². The van der Waals surface area contributed by atoms with Gasteiger partial charge in [0.05, 0.1) is 29.9 Å². The van der Waals surface area contributed by atoms with Crippen molar-refractivity contribution in [1.82, 2.24) is 20.3 Å². The van der Waals surface area contributed by atoms with Crippen LogP contribution in [0.25, 0.3) is 10.9 Å². The topological polar surface area (TPSA) is 175 Å². The van der Waals surface area contributed by atoms with Gasteiger partial charge in [-0.25, -0.2) is 9.78 Å². The van der Waals surface area contributed by atoms with Crippen LogP contribution >= 0.6 is 0 Å². The highest BCUT2D eigenvalue weighted by atomic mass is 16.5. The molecule has 11 heteroatoms. The molecule has 0 radical (unpaired) electrons. The molecule has 0 fully saturated rings. The first-order valence-electron chi connectivity index (χ1n) is 12.7. The summed E-state index contributed by atoms with van der Waals surface area (Å²) in [6.07, 6.45) is 5.84. The van der Waals surface area contributed by atoms with Crippen molar-refractivity contribution in [3.63, 3.8) is 0 Å². The summed E-state index contributed by atoms with van der Waals surface area (Å²) in [5.74, 6) is -2.14. The minimum Gasteiger partial charge on any atom is -0.485 e. The number of carboxylic acids is 1. The lowest BCUT2D eigenvalue weighted by Gasteiger charge is -2.21. The standard InChI is InChI=1S/C28H32N6O5/c1-3-16(2)25(28(37)38)34-26(35)17-8-9-23(24(11-17)39-14-19-13-30-15-32-19)33-27(36)21(29)10-18-12-31-22-7-5-4-6-20(18)22/h4-9,11-13,15-16,21,25,31H,3,10,14,29H2,1-2H3,(H,30,32)(H,33,36)(H,34,35)(H,37,38)/t16-,21-,25-/m0/s1. The van der Waals surface area contributed by atoms with Crippen LogP contribution in [0.1, 0.15) is 41.9 Å². The van der Waals surface area contributed by atoms with E-state index in [0.717, 1.165) is 16.5 Å². The first kappa shape index (κ1) is 27.4. The summed E-state index contributed by atoms with van der Waals surface area (Å²) in [6, 6.07) is 10.4. The Morgan fingerprint density at radius 2 is 1.95 bits per heavy atom. The Kier molecular flexibility index (Phi) is 8.62. The highest BCUT2D eigenvalue weighted by Gasteiger charge is 2.26. The molecule has 39 heavy (non-hydrogen) atoms. The molecule has 4 aromatic rings. The number of aromatic amines is 2. The zero-order chi connectivity index (χ0) is 27.9. The van der Waals surface area contributed by atoms with Gasteiger partial charge in [0.1, 0.15) is 18.4 Å². The first-order valence-corrected chi connectivity index (χ1v) is 12.7. The van der Waals surface area contributed by atoms with E-state index < -0.39 is 29.9 Å². The van der Waals surface area contributed by atoms with Crippen LogP contribution in [0.4, 0.5) is 5.69 Å². The van der Waals surface area contributed by atoms with Gasteiger partial charge in [-0.2, -0.15) is 0 Å². The Morgan fingerprint density at radius 1 is 1.15 bits per heavy atom. The predicted octanol–water partition coefficient (Wildman–Crippen LogP) is 3.21. The van der Waals surface area contributed by atoms with Crippen molar-refractivity contribution in [3.05, 3.63) is 78.0 Å². The number of anilines is 1. The average Bonchev–Trinajstić information content (AvgIpc) is 3.60. The number of amides is 2. The lowest BCUT2D eigenvalue weighted by molar-refractivity contribution is -0.140. The molecule has 3 atom stereocenters. The van der Waals surface area contributed by atoms with E-state index in [-0.39, 0.29) is 23.8 Å². The number of benzene rings is 2. The maximum Gasteiger partial charge on any atom is 0.326 e. The van der Waals surface area contributed by atoms with Crippen molar-refractivity contribution >= 4 is 34.4 Å². The largest absolute Gasteiger partial charge is 0.485 e. The van der Waals surface area contributed by atoms with Crippen LogP contribution in [0.2, 0.25) is 0 Å². The molecule has 11 nitrogen and oxygen atoms in total. The van der Waals surface area contributed by atoms with Crippen LogP contribution in [-0.4, -0.2) is 49.9 Å². The van der Waals surface area contributed by atoms with Gasteiger partial charge in [-0.3, -0.25) is 9.59 Å². The zero-order valence-electron chi connectivity index (χ0n) is 21.7. The zero-order valence-corrected chi connectivity index (χ0v) is 21.7. The van der Waals surface area contributed by atoms with Gasteiger partial charge in [-0.05, 0) is 42.2 Å². The summed E-state index contributed by atoms with van der Waals surface area (Å²) in [6.45, 7) is 3.71. The van der Waals surface area contributed by atoms with E-state index in [0.29, 0.717) is 24.2 Å². The molecule has 0 aliphatic carbocycles. The number of imidazole rings is 1. The Balaban J connectivity index is 1.52. The number of hydrogen-bond donors (Lipinski definition) is 6. The molecule has 2 heterocycles. The third-order valence-corrected chi connectivity index (χ3v) is 6.66. The predicted molar refractivity (Wildman–Crippen MR) is 146 cm³/mol. The lowest BCUT2D eigenvalue weighted by Crippen LogP contribution is -2.45. The number of carbonyl (C=O) groups excluding carboxylic acids is 2. The monoisotopic (exact) mass is 532 g/mol. The van der Waals surface area contributed by atoms with Crippen LogP contribution in [0.3, 0.4) is 0 Å². The molecule has 0 aliphatic heterocycles. The van der Waals surface area contributed by atoms with Crippen LogP contribution in [0.15, 0.2) is 61.2 Å². The second-order valence-electron chi connectivity index (χ2n) is 9.41. The number of hydrogen-bond acceptors (Lipinski definition) is 6. The molecule has 0 saturated heterocycles. The van der Waals surface area contributed by atoms with Gasteiger partial charge in [-0.15, -0.1) is 0 Å². The summed E-state index contributed by atoms with van der Waals surface area (Å²) >= 11 is 0. The van der Waals surface area contributed by atoms with Crippen molar-refractivity contribution < 1.29 is 24.2 Å². The summed E-state index contributed by atoms with van der Waals surface area (Å²) in [7, 11) is 0. The summed E-state index contributed by atoms with van der Waals surface area (Å²) in [4.78, 5) is 47.7. The quantitative estimate of drug-likeness (QED) is 0.162. The molecule has 0 bridgehead atoms. The van der Waals surface area contributed by atoms with Gasteiger partial charge in [0, 0.05) is 22.7 Å². The van der Waals surface area contributed by atoms with Crippen LogP contribution < -0.4 is 21.1 Å². The lowest BCUT2D eigenvalue weighted by atomic mass is 9.99. The molecule has 0 spiro atoms. The van der Waals surface area contributed by atoms with Crippen LogP contribution in [0, 0.1) is 5.92 Å². The van der Waals surface area contributed by atoms with E-state index in [4.69, 9.17) is 10.5 Å². The molecule has 7 N–H and O–H groups in total. The van der Waals surface area contributed by atoms with Crippen LogP contribution in [-0.2, 0) is 22.6 Å². The Hall–Kier alpha value is -4.64. The summed E-state index contributed by atoms with van der Waals surface area (Å²) in [5, 5.41) is 15.9. The minimum atomic E-state index is -1.11. The number of aliphatic carboxylic acids is 1. The number of nitrogens with zero attached hydrogens (tertiary/aromatic N) is 1. The molecule has 2 aromatic carbocycles. The Labute approximate surface area is 225 Å². The number of ether oxygens (including phenoxy) is 1. The summed E-state index contributed by atoms with van der Waals surface area (Å²) < 4.78 is 5.91. The number of carbonyl (C=O) groups is 3. The fourth-order valence-corrected chi connectivity index (χ4v) is 4.17. The van der Waals surface area contributed by atoms with Gasteiger partial charge in [0.2, 0.25) is 5.91 Å². The molecule has 4 rings (SSSR count). The number of fused-ring (bicyclic) bond motifs is 1. The number of carboxylic acid groups (broad SMARTS) is 1. The maximum absolute atomic E-state index is 13.0. The number of para-hydroxylation sites is 1. The first-order chi connectivity index (χ1) is 18.8. The Bertz CT molecular complexity index is 1450. The van der Waals surface area contributed by atoms with E-state index in [9.17, 15) is 19.5 Å². The molecule has 204 valence electrons. The number of H-pyrrole nitrogens is 2. The van der Waals surface area contributed by atoms with Crippen molar-refractivity contribution in [2.75, 3.05) is 5.32 Å². The second-order valence-corrected chi connectivity index (χ2v) is 9.41. The highest BCUT2D eigenvalue weighted by Crippen LogP contribution is 2.28. The van der Waals surface area contributed by atoms with Crippen molar-refractivity contribution in [1.29, 1.82) is 0 Å². The average molecular weight is 533 g/mol. The van der Waals surface area contributed by atoms with Gasteiger partial charge >= 0.3 is 5.97 Å². The maximum atomic E-state index is 13.0. The number of nitrogens with two attached hydrogens (primary N) is 1. The minimum absolute atomic E-state index is 0.0972. The van der Waals surface area contributed by atoms with Gasteiger partial charge in [-0.1, -0.05) is 38.5 Å². The van der Waals surface area contributed by atoms with Crippen LogP contribution in [0.5, 0.6) is 5.75 Å². The van der Waals surface area contributed by atoms with Gasteiger partial charge < -0.3 is 36.2 Å². The highest BCUT2D eigenvalue weighted by molar-refractivity contribution is 6.00. The number of rotatable bonds is 12. The molecule has 0 aliphatic rings. The smallest absolute Gasteiger partial charge is 0.326 e. The van der Waals surface area contributed by atoms with Crippen molar-refractivity contribution in [3.8, 4) is 5.75 Å². The molecule has 2 amide bonds. The Morgan fingerprint density at radius 3 is 2.67 bits per heavy atom. The van der Waals surface area contributed by atoms with Gasteiger partial charge in [0.25, 0.3) is 5.91 Å².